The van der Waals surface area contributed by atoms with E-state index in [9.17, 15) is 35.9 Å². The quantitative estimate of drug-likeness (QED) is 0.575. The highest BCUT2D eigenvalue weighted by Crippen LogP contribution is 2.36. The Hall–Kier alpha value is -1.48. The lowest BCUT2D eigenvalue weighted by atomic mass is 10.0. The normalized spacial score (nSPS) is 26.4. The Bertz CT molecular complexity index is 362. The Morgan fingerprint density at radius 2 is 1.65 bits per heavy atom. The van der Waals surface area contributed by atoms with Gasteiger partial charge in [-0.25, -0.2) is 4.79 Å². The number of nitrogens with one attached hydrogen (secondary N) is 1. The van der Waals surface area contributed by atoms with Gasteiger partial charge in [-0.3, -0.25) is 9.69 Å². The summed E-state index contributed by atoms with van der Waals surface area (Å²) < 4.78 is 73.1. The maximum absolute atomic E-state index is 12.4. The summed E-state index contributed by atoms with van der Waals surface area (Å²) >= 11 is 0. The van der Waals surface area contributed by atoms with Crippen molar-refractivity contribution in [2.45, 2.75) is 24.8 Å². The maximum Gasteiger partial charge on any atom is 0.420 e. The fourth-order valence-corrected chi connectivity index (χ4v) is 1.21. The molecule has 0 saturated carbocycles. The zero-order chi connectivity index (χ0) is 13.6. The first-order valence-electron chi connectivity index (χ1n) is 4.16. The number of carbonyl (C=O) groups is 2. The third-order valence-corrected chi connectivity index (χ3v) is 2.18. The predicted octanol–water partition coefficient (Wildman–Crippen LogP) is 1.42. The lowest BCUT2D eigenvalue weighted by molar-refractivity contribution is -0.194. The van der Waals surface area contributed by atoms with Gasteiger partial charge in [-0.05, 0) is 6.92 Å². The number of carbonyl (C=O) groups excluding carboxylic acids is 2. The number of imide groups is 1. The van der Waals surface area contributed by atoms with Gasteiger partial charge in [0, 0.05) is 0 Å². The third-order valence-electron chi connectivity index (χ3n) is 2.18. The van der Waals surface area contributed by atoms with E-state index in [2.05, 4.69) is 0 Å². The van der Waals surface area contributed by atoms with E-state index in [4.69, 9.17) is 0 Å². The molecule has 98 valence electrons. The van der Waals surface area contributed by atoms with E-state index in [-0.39, 0.29) is 0 Å². The summed E-state index contributed by atoms with van der Waals surface area (Å²) in [6, 6.07) is -1.72. The highest BCUT2D eigenvalue weighted by atomic mass is 19.4. The molecule has 1 aliphatic rings. The zero-order valence-electron chi connectivity index (χ0n) is 8.24. The van der Waals surface area contributed by atoms with E-state index in [0.717, 1.165) is 0 Å². The molecule has 0 aromatic carbocycles. The van der Waals surface area contributed by atoms with Gasteiger partial charge >= 0.3 is 18.4 Å². The van der Waals surface area contributed by atoms with Crippen LogP contribution in [0, 0.1) is 0 Å². The van der Waals surface area contributed by atoms with Crippen LogP contribution in [-0.4, -0.2) is 41.3 Å². The van der Waals surface area contributed by atoms with Crippen LogP contribution in [0.4, 0.5) is 31.1 Å². The number of hydrogen-bond acceptors (Lipinski definition) is 2. The molecule has 3 amide bonds. The number of nitrogens with zero attached hydrogens (tertiary/aromatic N) is 1. The molecule has 0 aromatic rings. The van der Waals surface area contributed by atoms with Gasteiger partial charge in [0.1, 0.15) is 6.54 Å². The molecule has 4 nitrogen and oxygen atoms in total. The van der Waals surface area contributed by atoms with Crippen LogP contribution in [0.1, 0.15) is 6.92 Å². The molecular weight excluding hydrogens is 258 g/mol. The van der Waals surface area contributed by atoms with E-state index in [1.54, 1.807) is 0 Å². The molecule has 1 unspecified atom stereocenters. The molecule has 1 fully saturated rings. The first-order valence-corrected chi connectivity index (χ1v) is 4.16. The molecule has 0 aromatic heterocycles. The Labute approximate surface area is 90.5 Å². The van der Waals surface area contributed by atoms with E-state index < -0.39 is 41.3 Å². The second kappa shape index (κ2) is 3.50. The summed E-state index contributed by atoms with van der Waals surface area (Å²) in [6.45, 7) is -1.74. The van der Waals surface area contributed by atoms with Crippen LogP contribution < -0.4 is 5.32 Å². The standard InChI is InChI=1S/C7H6F6N2O2/c1-5(7(11,12)13)3(16)15(4(17)14-5)2-6(8,9)10/h2H2,1H3,(H,14,17). The average Bonchev–Trinajstić information content (AvgIpc) is 2.27. The van der Waals surface area contributed by atoms with Gasteiger partial charge in [-0.1, -0.05) is 0 Å². The van der Waals surface area contributed by atoms with Crippen molar-refractivity contribution in [3.63, 3.8) is 0 Å². The Kier molecular flexibility index (Phi) is 2.80. The SMILES string of the molecule is CC1(C(F)(F)F)NC(=O)N(CC(F)(F)F)C1=O. The van der Waals surface area contributed by atoms with E-state index in [1.165, 1.54) is 5.32 Å². The van der Waals surface area contributed by atoms with Crippen LogP contribution >= 0.6 is 0 Å². The van der Waals surface area contributed by atoms with Gasteiger partial charge in [0.2, 0.25) is 5.54 Å². The van der Waals surface area contributed by atoms with Crippen molar-refractivity contribution in [2.75, 3.05) is 6.54 Å². The van der Waals surface area contributed by atoms with E-state index >= 15 is 0 Å². The molecule has 10 heteroatoms. The van der Waals surface area contributed by atoms with E-state index in [0.29, 0.717) is 6.92 Å². The van der Waals surface area contributed by atoms with Gasteiger partial charge in [0.25, 0.3) is 5.91 Å². The zero-order valence-corrected chi connectivity index (χ0v) is 8.24. The van der Waals surface area contributed by atoms with Gasteiger partial charge in [0.15, 0.2) is 0 Å². The molecule has 1 atom stereocenters. The molecule has 1 heterocycles. The van der Waals surface area contributed by atoms with Crippen molar-refractivity contribution >= 4 is 11.9 Å². The monoisotopic (exact) mass is 264 g/mol. The van der Waals surface area contributed by atoms with Crippen molar-refractivity contribution in [1.82, 2.24) is 10.2 Å². The molecule has 1 saturated heterocycles. The summed E-state index contributed by atoms with van der Waals surface area (Å²) in [5, 5.41) is 1.21. The number of urea groups is 1. The molecular formula is C7H6F6N2O2. The van der Waals surface area contributed by atoms with Gasteiger partial charge in [-0.15, -0.1) is 0 Å². The smallest absolute Gasteiger partial charge is 0.316 e. The van der Waals surface area contributed by atoms with Crippen LogP contribution in [0.15, 0.2) is 0 Å². The van der Waals surface area contributed by atoms with Crippen LogP contribution in [0.25, 0.3) is 0 Å². The fraction of sp³-hybridized carbons (Fsp3) is 0.714. The number of alkyl halides is 6. The van der Waals surface area contributed by atoms with Crippen molar-refractivity contribution in [1.29, 1.82) is 0 Å². The van der Waals surface area contributed by atoms with Crippen molar-refractivity contribution in [3.8, 4) is 0 Å². The second-order valence-corrected chi connectivity index (χ2v) is 3.56. The molecule has 0 aliphatic carbocycles. The topological polar surface area (TPSA) is 49.4 Å². The molecule has 0 radical (unpaired) electrons. The minimum absolute atomic E-state index is 0.309. The number of hydrogen-bond donors (Lipinski definition) is 1. The molecule has 0 spiro atoms. The summed E-state index contributed by atoms with van der Waals surface area (Å²) in [5.74, 6) is -1.97. The summed E-state index contributed by atoms with van der Waals surface area (Å²) in [5.41, 5.74) is -3.31. The molecule has 1 N–H and O–H groups in total. The Morgan fingerprint density at radius 1 is 1.18 bits per heavy atom. The minimum atomic E-state index is -5.17. The third kappa shape index (κ3) is 2.29. The maximum atomic E-state index is 12.4. The fourth-order valence-electron chi connectivity index (χ4n) is 1.21. The van der Waals surface area contributed by atoms with Gasteiger partial charge in [-0.2, -0.15) is 26.3 Å². The minimum Gasteiger partial charge on any atom is -0.316 e. The van der Waals surface area contributed by atoms with Crippen molar-refractivity contribution in [2.24, 2.45) is 0 Å². The predicted molar refractivity (Wildman–Crippen MR) is 40.8 cm³/mol. The van der Waals surface area contributed by atoms with Gasteiger partial charge < -0.3 is 5.32 Å². The number of amides is 3. The average molecular weight is 264 g/mol. The lowest BCUT2D eigenvalue weighted by Crippen LogP contribution is -2.56. The number of rotatable bonds is 1. The molecule has 1 rings (SSSR count). The second-order valence-electron chi connectivity index (χ2n) is 3.56. The van der Waals surface area contributed by atoms with Crippen LogP contribution in [0.3, 0.4) is 0 Å². The van der Waals surface area contributed by atoms with Crippen molar-refractivity contribution in [3.05, 3.63) is 0 Å². The van der Waals surface area contributed by atoms with Crippen LogP contribution in [0.2, 0.25) is 0 Å². The summed E-state index contributed by atoms with van der Waals surface area (Å²) in [7, 11) is 0. The largest absolute Gasteiger partial charge is 0.420 e. The van der Waals surface area contributed by atoms with Gasteiger partial charge in [0.05, 0.1) is 0 Å². The summed E-state index contributed by atoms with van der Waals surface area (Å²) in [4.78, 5) is 21.6. The molecule has 0 bridgehead atoms. The molecule has 1 aliphatic heterocycles. The highest BCUT2D eigenvalue weighted by Gasteiger charge is 2.65. The highest BCUT2D eigenvalue weighted by molar-refractivity contribution is 6.07. The summed E-state index contributed by atoms with van der Waals surface area (Å²) in [6.07, 6.45) is -10.1. The Balaban J connectivity index is 3.02. The first-order chi connectivity index (χ1) is 7.38. The Morgan fingerprint density at radius 3 is 1.94 bits per heavy atom. The number of halogens is 6. The van der Waals surface area contributed by atoms with Crippen LogP contribution in [-0.2, 0) is 4.79 Å². The van der Waals surface area contributed by atoms with Crippen molar-refractivity contribution < 1.29 is 35.9 Å². The van der Waals surface area contributed by atoms with Crippen LogP contribution in [0.5, 0.6) is 0 Å². The molecule has 17 heavy (non-hydrogen) atoms. The lowest BCUT2D eigenvalue weighted by Gasteiger charge is -2.24. The van der Waals surface area contributed by atoms with E-state index in [1.807, 2.05) is 0 Å². The first kappa shape index (κ1) is 13.6.